The number of carbonyl (C=O) groups is 1. The lowest BCUT2D eigenvalue weighted by Gasteiger charge is -2.02. The minimum absolute atomic E-state index is 0.141. The first kappa shape index (κ1) is 17.0. The van der Waals surface area contributed by atoms with Crippen molar-refractivity contribution in [2.24, 2.45) is 5.73 Å². The van der Waals surface area contributed by atoms with Gasteiger partial charge in [0, 0.05) is 12.6 Å². The third kappa shape index (κ3) is 5.07. The first-order chi connectivity index (χ1) is 11.2. The van der Waals surface area contributed by atoms with Crippen molar-refractivity contribution >= 4 is 23.0 Å². The second-order valence-corrected chi connectivity index (χ2v) is 5.34. The number of nitrogens with one attached hydrogen (secondary N) is 1. The molecule has 0 bridgehead atoms. The highest BCUT2D eigenvalue weighted by Gasteiger charge is 2.04. The van der Waals surface area contributed by atoms with Gasteiger partial charge in [-0.1, -0.05) is 25.0 Å². The Morgan fingerprint density at radius 2 is 1.96 bits per heavy atom. The van der Waals surface area contributed by atoms with E-state index in [0.717, 1.165) is 25.7 Å². The summed E-state index contributed by atoms with van der Waals surface area (Å²) < 4.78 is 5.40. The van der Waals surface area contributed by atoms with Crippen LogP contribution in [0.5, 0.6) is 0 Å². The third-order valence-electron chi connectivity index (χ3n) is 3.55. The van der Waals surface area contributed by atoms with E-state index in [2.05, 4.69) is 5.32 Å². The number of benzene rings is 1. The lowest BCUT2D eigenvalue weighted by molar-refractivity contribution is -0.116. The van der Waals surface area contributed by atoms with Crippen molar-refractivity contribution in [3.63, 3.8) is 0 Å². The Balaban J connectivity index is 1.89. The molecule has 0 fully saturated rings. The fourth-order valence-electron chi connectivity index (χ4n) is 2.27. The van der Waals surface area contributed by atoms with Gasteiger partial charge in [-0.3, -0.25) is 9.59 Å². The van der Waals surface area contributed by atoms with Crippen LogP contribution in [0.3, 0.4) is 0 Å². The van der Waals surface area contributed by atoms with Gasteiger partial charge in [-0.15, -0.1) is 0 Å². The SMILES string of the molecule is NCCCCCCNC(=O)/C=C/c1coc2ccccc2c1=O. The van der Waals surface area contributed by atoms with Crippen LogP contribution in [0.15, 0.2) is 45.8 Å². The summed E-state index contributed by atoms with van der Waals surface area (Å²) in [6.45, 7) is 1.34. The van der Waals surface area contributed by atoms with Gasteiger partial charge in [0.15, 0.2) is 5.43 Å². The van der Waals surface area contributed by atoms with Gasteiger partial charge in [-0.05, 0) is 37.6 Å². The average Bonchev–Trinajstić information content (AvgIpc) is 2.57. The number of rotatable bonds is 8. The maximum atomic E-state index is 12.2. The van der Waals surface area contributed by atoms with Gasteiger partial charge >= 0.3 is 0 Å². The number of unbranched alkanes of at least 4 members (excludes halogenated alkanes) is 3. The van der Waals surface area contributed by atoms with Crippen LogP contribution in [0.25, 0.3) is 17.0 Å². The molecule has 5 heteroatoms. The van der Waals surface area contributed by atoms with Crippen molar-refractivity contribution in [3.05, 3.63) is 52.4 Å². The molecule has 0 aliphatic rings. The molecule has 2 rings (SSSR count). The average molecular weight is 314 g/mol. The van der Waals surface area contributed by atoms with E-state index in [9.17, 15) is 9.59 Å². The molecule has 5 nitrogen and oxygen atoms in total. The number of hydrogen-bond acceptors (Lipinski definition) is 4. The fraction of sp³-hybridized carbons (Fsp3) is 0.333. The predicted molar refractivity (Wildman–Crippen MR) is 92.1 cm³/mol. The molecule has 3 N–H and O–H groups in total. The molecule has 1 aromatic carbocycles. The van der Waals surface area contributed by atoms with Crippen LogP contribution in [-0.4, -0.2) is 19.0 Å². The number of fused-ring (bicyclic) bond motifs is 1. The highest BCUT2D eigenvalue weighted by atomic mass is 16.3. The topological polar surface area (TPSA) is 85.3 Å². The van der Waals surface area contributed by atoms with Gasteiger partial charge in [-0.2, -0.15) is 0 Å². The highest BCUT2D eigenvalue weighted by Crippen LogP contribution is 2.11. The molecule has 1 aromatic heterocycles. The number of hydrogen-bond donors (Lipinski definition) is 2. The number of amides is 1. The van der Waals surface area contributed by atoms with Crippen LogP contribution in [0.4, 0.5) is 0 Å². The first-order valence-electron chi connectivity index (χ1n) is 7.89. The summed E-state index contributed by atoms with van der Waals surface area (Å²) in [5.74, 6) is -0.212. The molecule has 1 heterocycles. The monoisotopic (exact) mass is 314 g/mol. The molecular weight excluding hydrogens is 292 g/mol. The van der Waals surface area contributed by atoms with Crippen LogP contribution in [0, 0.1) is 0 Å². The van der Waals surface area contributed by atoms with Crippen molar-refractivity contribution in [2.75, 3.05) is 13.1 Å². The Kier molecular flexibility index (Phi) is 6.56. The Labute approximate surface area is 135 Å². The Morgan fingerprint density at radius 3 is 2.78 bits per heavy atom. The zero-order chi connectivity index (χ0) is 16.5. The maximum absolute atomic E-state index is 12.2. The van der Waals surface area contributed by atoms with Crippen LogP contribution in [0.1, 0.15) is 31.2 Å². The minimum atomic E-state index is -0.212. The summed E-state index contributed by atoms with van der Waals surface area (Å²) in [6, 6.07) is 7.04. The second kappa shape index (κ2) is 8.90. The van der Waals surface area contributed by atoms with Crippen LogP contribution in [0.2, 0.25) is 0 Å². The summed E-state index contributed by atoms with van der Waals surface area (Å²) in [6.07, 6.45) is 8.31. The Bertz CT molecular complexity index is 734. The van der Waals surface area contributed by atoms with E-state index >= 15 is 0 Å². The minimum Gasteiger partial charge on any atom is -0.463 e. The van der Waals surface area contributed by atoms with E-state index < -0.39 is 0 Å². The summed E-state index contributed by atoms with van der Waals surface area (Å²) in [7, 11) is 0. The molecular formula is C18H22N2O3. The summed E-state index contributed by atoms with van der Waals surface area (Å²) in [5, 5.41) is 3.31. The lowest BCUT2D eigenvalue weighted by atomic mass is 10.1. The molecule has 2 aromatic rings. The van der Waals surface area contributed by atoms with Crippen molar-refractivity contribution in [1.82, 2.24) is 5.32 Å². The van der Waals surface area contributed by atoms with Gasteiger partial charge in [0.25, 0.3) is 0 Å². The van der Waals surface area contributed by atoms with Gasteiger partial charge in [0.2, 0.25) is 5.91 Å². The third-order valence-corrected chi connectivity index (χ3v) is 3.55. The molecule has 0 aliphatic carbocycles. The molecule has 1 amide bonds. The zero-order valence-corrected chi connectivity index (χ0v) is 13.1. The van der Waals surface area contributed by atoms with Crippen molar-refractivity contribution < 1.29 is 9.21 Å². The molecule has 0 unspecified atom stereocenters. The molecule has 0 saturated heterocycles. The number of para-hydroxylation sites is 1. The summed E-state index contributed by atoms with van der Waals surface area (Å²) >= 11 is 0. The lowest BCUT2D eigenvalue weighted by Crippen LogP contribution is -2.22. The van der Waals surface area contributed by atoms with Crippen molar-refractivity contribution in [2.45, 2.75) is 25.7 Å². The van der Waals surface area contributed by atoms with E-state index in [-0.39, 0.29) is 11.3 Å². The Morgan fingerprint density at radius 1 is 1.17 bits per heavy atom. The normalized spacial score (nSPS) is 11.2. The molecule has 0 saturated carbocycles. The smallest absolute Gasteiger partial charge is 0.244 e. The highest BCUT2D eigenvalue weighted by molar-refractivity contribution is 5.92. The fourth-order valence-corrected chi connectivity index (χ4v) is 2.27. The summed E-state index contributed by atoms with van der Waals surface area (Å²) in [4.78, 5) is 24.0. The van der Waals surface area contributed by atoms with Crippen LogP contribution >= 0.6 is 0 Å². The van der Waals surface area contributed by atoms with E-state index in [1.165, 1.54) is 18.4 Å². The molecule has 23 heavy (non-hydrogen) atoms. The maximum Gasteiger partial charge on any atom is 0.244 e. The standard InChI is InChI=1S/C18H22N2O3/c19-11-5-1-2-6-12-20-17(21)10-9-14-13-23-16-8-4-3-7-15(16)18(14)22/h3-4,7-10,13H,1-2,5-6,11-12,19H2,(H,20,21)/b10-9+. The number of nitrogens with two attached hydrogens (primary N) is 1. The van der Waals surface area contributed by atoms with Crippen LogP contribution < -0.4 is 16.5 Å². The predicted octanol–water partition coefficient (Wildman–Crippen LogP) is 2.44. The van der Waals surface area contributed by atoms with Crippen molar-refractivity contribution in [3.8, 4) is 0 Å². The van der Waals surface area contributed by atoms with Crippen molar-refractivity contribution in [1.29, 1.82) is 0 Å². The largest absolute Gasteiger partial charge is 0.463 e. The second-order valence-electron chi connectivity index (χ2n) is 5.34. The molecule has 0 spiro atoms. The van der Waals surface area contributed by atoms with E-state index in [1.54, 1.807) is 18.2 Å². The quantitative estimate of drug-likeness (QED) is 0.579. The van der Waals surface area contributed by atoms with Gasteiger partial charge < -0.3 is 15.5 Å². The number of carbonyl (C=O) groups excluding carboxylic acids is 1. The van der Waals surface area contributed by atoms with E-state index in [0.29, 0.717) is 29.6 Å². The molecule has 0 radical (unpaired) electrons. The van der Waals surface area contributed by atoms with Gasteiger partial charge in [0.1, 0.15) is 11.8 Å². The summed E-state index contributed by atoms with van der Waals surface area (Å²) in [5.41, 5.74) is 6.18. The molecule has 122 valence electrons. The first-order valence-corrected chi connectivity index (χ1v) is 7.89. The van der Waals surface area contributed by atoms with E-state index in [1.807, 2.05) is 6.07 Å². The zero-order valence-electron chi connectivity index (χ0n) is 13.1. The molecule has 0 atom stereocenters. The Hall–Kier alpha value is -2.40. The van der Waals surface area contributed by atoms with E-state index in [4.69, 9.17) is 10.2 Å². The van der Waals surface area contributed by atoms with Gasteiger partial charge in [0.05, 0.1) is 10.9 Å². The molecule has 0 aliphatic heterocycles. The van der Waals surface area contributed by atoms with Gasteiger partial charge in [-0.25, -0.2) is 0 Å². The van der Waals surface area contributed by atoms with Crippen LogP contribution in [-0.2, 0) is 4.79 Å².